The molecule has 1 rings (SSSR count). The smallest absolute Gasteiger partial charge is 0.149 e. The number of hydrogen-bond acceptors (Lipinski definition) is 4. The first-order valence-corrected chi connectivity index (χ1v) is 8.06. The molecule has 0 atom stereocenters. The Balaban J connectivity index is 2.85. The van der Waals surface area contributed by atoms with E-state index in [0.717, 1.165) is 15.7 Å². The Morgan fingerprint density at radius 1 is 1.41 bits per heavy atom. The van der Waals surface area contributed by atoms with Gasteiger partial charge in [0.2, 0.25) is 0 Å². The minimum atomic E-state index is -2.94. The van der Waals surface area contributed by atoms with Gasteiger partial charge in [0.25, 0.3) is 0 Å². The fraction of sp³-hybridized carbons (Fsp3) is 0.455. The molecule has 96 valence electrons. The Morgan fingerprint density at radius 2 is 2.06 bits per heavy atom. The lowest BCUT2D eigenvalue weighted by molar-refractivity contribution is 0.601. The Hall–Kier alpha value is -0.590. The summed E-state index contributed by atoms with van der Waals surface area (Å²) < 4.78 is 23.2. The molecule has 1 aromatic carbocycles. The average molecular weight is 321 g/mol. The summed E-state index contributed by atoms with van der Waals surface area (Å²) >= 11 is 3.39. The van der Waals surface area contributed by atoms with E-state index in [-0.39, 0.29) is 5.75 Å². The zero-order valence-corrected chi connectivity index (χ0v) is 12.4. The summed E-state index contributed by atoms with van der Waals surface area (Å²) in [7, 11) is -1.07. The fourth-order valence-electron chi connectivity index (χ4n) is 1.51. The van der Waals surface area contributed by atoms with Gasteiger partial charge in [0.15, 0.2) is 0 Å². The van der Waals surface area contributed by atoms with Crippen molar-refractivity contribution in [2.75, 3.05) is 30.5 Å². The van der Waals surface area contributed by atoms with Gasteiger partial charge in [0, 0.05) is 36.6 Å². The van der Waals surface area contributed by atoms with E-state index in [4.69, 9.17) is 5.73 Å². The third kappa shape index (κ3) is 4.65. The van der Waals surface area contributed by atoms with E-state index in [1.54, 1.807) is 0 Å². The van der Waals surface area contributed by atoms with Gasteiger partial charge < -0.3 is 10.6 Å². The van der Waals surface area contributed by atoms with Crippen molar-refractivity contribution < 1.29 is 8.42 Å². The lowest BCUT2D eigenvalue weighted by Gasteiger charge is -2.22. The molecule has 17 heavy (non-hydrogen) atoms. The molecule has 0 aromatic heterocycles. The maximum Gasteiger partial charge on any atom is 0.149 e. The van der Waals surface area contributed by atoms with Crippen LogP contribution in [0.15, 0.2) is 22.7 Å². The predicted molar refractivity (Wildman–Crippen MR) is 75.0 cm³/mol. The summed E-state index contributed by atoms with van der Waals surface area (Å²) in [5.74, 6) is 0.142. The first kappa shape index (κ1) is 14.5. The quantitative estimate of drug-likeness (QED) is 0.890. The average Bonchev–Trinajstić information content (AvgIpc) is 2.24. The second kappa shape index (κ2) is 5.84. The number of anilines is 1. The largest absolute Gasteiger partial charge is 0.373 e. The Morgan fingerprint density at radius 3 is 2.59 bits per heavy atom. The Bertz CT molecular complexity index is 488. The number of rotatable bonds is 5. The van der Waals surface area contributed by atoms with Crippen LogP contribution in [-0.4, -0.2) is 34.0 Å². The number of hydrogen-bond donors (Lipinski definition) is 1. The molecule has 0 aliphatic heterocycles. The van der Waals surface area contributed by atoms with Crippen LogP contribution in [0.5, 0.6) is 0 Å². The summed E-state index contributed by atoms with van der Waals surface area (Å²) in [6.07, 6.45) is 1.24. The van der Waals surface area contributed by atoms with Gasteiger partial charge >= 0.3 is 0 Å². The van der Waals surface area contributed by atoms with E-state index in [2.05, 4.69) is 15.9 Å². The monoisotopic (exact) mass is 320 g/mol. The van der Waals surface area contributed by atoms with Crippen molar-refractivity contribution in [1.82, 2.24) is 0 Å². The molecule has 2 N–H and O–H groups in total. The minimum absolute atomic E-state index is 0.142. The minimum Gasteiger partial charge on any atom is -0.373 e. The van der Waals surface area contributed by atoms with Crippen LogP contribution in [0.1, 0.15) is 5.56 Å². The Kier molecular flexibility index (Phi) is 4.97. The van der Waals surface area contributed by atoms with Crippen LogP contribution in [0.2, 0.25) is 0 Å². The summed E-state index contributed by atoms with van der Waals surface area (Å²) in [5.41, 5.74) is 7.64. The van der Waals surface area contributed by atoms with E-state index in [9.17, 15) is 8.42 Å². The molecule has 0 saturated heterocycles. The predicted octanol–water partition coefficient (Wildman–Crippen LogP) is 1.39. The number of halogens is 1. The molecule has 0 radical (unpaired) electrons. The maximum atomic E-state index is 11.1. The van der Waals surface area contributed by atoms with E-state index < -0.39 is 9.84 Å². The molecule has 0 fully saturated rings. The molecule has 0 heterocycles. The summed E-state index contributed by atoms with van der Waals surface area (Å²) in [6.45, 7) is 0.894. The first-order valence-electron chi connectivity index (χ1n) is 5.21. The van der Waals surface area contributed by atoms with Crippen molar-refractivity contribution in [3.8, 4) is 0 Å². The van der Waals surface area contributed by atoms with Gasteiger partial charge in [0.05, 0.1) is 5.75 Å². The highest BCUT2D eigenvalue weighted by Crippen LogP contribution is 2.23. The number of nitrogens with zero attached hydrogens (tertiary/aromatic N) is 1. The van der Waals surface area contributed by atoms with Crippen molar-refractivity contribution in [3.63, 3.8) is 0 Å². The second-order valence-electron chi connectivity index (χ2n) is 4.03. The summed E-state index contributed by atoms with van der Waals surface area (Å²) in [5, 5.41) is 0. The zero-order valence-electron chi connectivity index (χ0n) is 9.98. The fourth-order valence-corrected chi connectivity index (χ4v) is 2.53. The lowest BCUT2D eigenvalue weighted by atomic mass is 10.1. The molecule has 1 aromatic rings. The van der Waals surface area contributed by atoms with Gasteiger partial charge in [0.1, 0.15) is 9.84 Å². The molecule has 0 aliphatic carbocycles. The van der Waals surface area contributed by atoms with Crippen LogP contribution in [0.25, 0.3) is 0 Å². The molecule has 0 spiro atoms. The van der Waals surface area contributed by atoms with Gasteiger partial charge in [-0.1, -0.05) is 15.9 Å². The van der Waals surface area contributed by atoms with Crippen molar-refractivity contribution in [2.24, 2.45) is 5.73 Å². The highest BCUT2D eigenvalue weighted by molar-refractivity contribution is 9.10. The molecule has 6 heteroatoms. The normalized spacial score (nSPS) is 11.5. The van der Waals surface area contributed by atoms with Crippen LogP contribution < -0.4 is 10.6 Å². The van der Waals surface area contributed by atoms with Crippen molar-refractivity contribution in [3.05, 3.63) is 28.2 Å². The highest BCUT2D eigenvalue weighted by atomic mass is 79.9. The SMILES string of the molecule is CN(CCS(C)(=O)=O)c1ccc(Br)cc1CN. The van der Waals surface area contributed by atoms with Crippen LogP contribution in [-0.2, 0) is 16.4 Å². The number of nitrogens with two attached hydrogens (primary N) is 1. The second-order valence-corrected chi connectivity index (χ2v) is 7.20. The Labute approximate surface area is 111 Å². The van der Waals surface area contributed by atoms with Gasteiger partial charge in [-0.3, -0.25) is 0 Å². The molecule has 4 nitrogen and oxygen atoms in total. The third-order valence-corrected chi connectivity index (χ3v) is 3.89. The van der Waals surface area contributed by atoms with Crippen LogP contribution in [0.3, 0.4) is 0 Å². The lowest BCUT2D eigenvalue weighted by Crippen LogP contribution is -2.26. The van der Waals surface area contributed by atoms with E-state index in [1.165, 1.54) is 6.26 Å². The van der Waals surface area contributed by atoms with Crippen molar-refractivity contribution >= 4 is 31.5 Å². The molecular weight excluding hydrogens is 304 g/mol. The van der Waals surface area contributed by atoms with Crippen molar-refractivity contribution in [1.29, 1.82) is 0 Å². The number of benzene rings is 1. The highest BCUT2D eigenvalue weighted by Gasteiger charge is 2.09. The molecule has 0 bridgehead atoms. The maximum absolute atomic E-state index is 11.1. The van der Waals surface area contributed by atoms with Crippen molar-refractivity contribution in [2.45, 2.75) is 6.54 Å². The molecule has 0 unspecified atom stereocenters. The molecule has 0 saturated carbocycles. The topological polar surface area (TPSA) is 63.4 Å². The standard InChI is InChI=1S/C11H17BrN2O2S/c1-14(5-6-17(2,15)16)11-4-3-10(12)7-9(11)8-13/h3-4,7H,5-6,8,13H2,1-2H3. The number of sulfone groups is 1. The van der Waals surface area contributed by atoms with Crippen LogP contribution >= 0.6 is 15.9 Å². The van der Waals surface area contributed by atoms with Gasteiger partial charge in [-0.15, -0.1) is 0 Å². The summed E-state index contributed by atoms with van der Waals surface area (Å²) in [6, 6.07) is 5.81. The summed E-state index contributed by atoms with van der Waals surface area (Å²) in [4.78, 5) is 1.91. The van der Waals surface area contributed by atoms with Crippen LogP contribution in [0.4, 0.5) is 5.69 Å². The van der Waals surface area contributed by atoms with Crippen LogP contribution in [0, 0.1) is 0 Å². The van der Waals surface area contributed by atoms with E-state index >= 15 is 0 Å². The van der Waals surface area contributed by atoms with Gasteiger partial charge in [-0.25, -0.2) is 8.42 Å². The van der Waals surface area contributed by atoms with Gasteiger partial charge in [-0.05, 0) is 23.8 Å². The first-order chi connectivity index (χ1) is 7.83. The zero-order chi connectivity index (χ0) is 13.1. The van der Waals surface area contributed by atoms with E-state index in [1.807, 2.05) is 30.1 Å². The van der Waals surface area contributed by atoms with Gasteiger partial charge in [-0.2, -0.15) is 0 Å². The third-order valence-electron chi connectivity index (χ3n) is 2.47. The van der Waals surface area contributed by atoms with E-state index in [0.29, 0.717) is 13.1 Å². The molecular formula is C11H17BrN2O2S. The molecule has 0 amide bonds. The molecule has 0 aliphatic rings.